The van der Waals surface area contributed by atoms with Crippen molar-refractivity contribution in [2.45, 2.75) is 90.1 Å². The summed E-state index contributed by atoms with van der Waals surface area (Å²) in [7, 11) is -2.42. The lowest BCUT2D eigenvalue weighted by atomic mass is 9.81. The zero-order chi connectivity index (χ0) is 19.8. The van der Waals surface area contributed by atoms with Crippen molar-refractivity contribution in [3.05, 3.63) is 0 Å². The van der Waals surface area contributed by atoms with Crippen molar-refractivity contribution in [2.24, 2.45) is 5.92 Å². The zero-order valence-electron chi connectivity index (χ0n) is 16.4. The first kappa shape index (κ1) is 22.4. The van der Waals surface area contributed by atoms with Gasteiger partial charge >= 0.3 is 12.1 Å². The van der Waals surface area contributed by atoms with Crippen molar-refractivity contribution in [1.29, 1.82) is 0 Å². The second-order valence-corrected chi connectivity index (χ2v) is 13.1. The van der Waals surface area contributed by atoms with Gasteiger partial charge in [0.05, 0.1) is 12.5 Å². The molecule has 148 valence electrons. The molecular weight excluding hydrogens is 353 g/mol. The summed E-state index contributed by atoms with van der Waals surface area (Å²) in [5.74, 6) is -2.55. The van der Waals surface area contributed by atoms with E-state index in [0.29, 0.717) is 0 Å². The first-order valence-corrected chi connectivity index (χ1v) is 11.0. The van der Waals surface area contributed by atoms with Crippen LogP contribution in [0, 0.1) is 5.92 Å². The Bertz CT molecular complexity index is 457. The molecule has 3 atom stereocenters. The molecule has 0 aromatic rings. The molecule has 1 fully saturated rings. The lowest BCUT2D eigenvalue weighted by molar-refractivity contribution is -0.404. The van der Waals surface area contributed by atoms with E-state index in [2.05, 4.69) is 4.74 Å². The van der Waals surface area contributed by atoms with Gasteiger partial charge in [-0.3, -0.25) is 0 Å². The number of carbonyl (C=O) groups excluding carboxylic acids is 1. The maximum atomic E-state index is 13.6. The molecular formula is C17H31F3O4Si. The quantitative estimate of drug-likeness (QED) is 0.456. The molecule has 8 heteroatoms. The predicted molar refractivity (Wildman–Crippen MR) is 91.6 cm³/mol. The Morgan fingerprint density at radius 1 is 1.12 bits per heavy atom. The topological polar surface area (TPSA) is 44.8 Å². The number of carbonyl (C=O) groups is 1. The number of hydrogen-bond donors (Lipinski definition) is 0. The van der Waals surface area contributed by atoms with Crippen LogP contribution in [-0.2, 0) is 18.7 Å². The second-order valence-electron chi connectivity index (χ2n) is 7.66. The summed E-state index contributed by atoms with van der Waals surface area (Å²) in [4.78, 5) is 12.0. The number of ether oxygens (including phenoxy) is 2. The van der Waals surface area contributed by atoms with Crippen LogP contribution in [0.25, 0.3) is 0 Å². The lowest BCUT2D eigenvalue weighted by Crippen LogP contribution is -2.73. The van der Waals surface area contributed by atoms with Gasteiger partial charge < -0.3 is 13.9 Å². The summed E-state index contributed by atoms with van der Waals surface area (Å²) in [6.45, 7) is 14.9. The third-order valence-corrected chi connectivity index (χ3v) is 11.4. The van der Waals surface area contributed by atoms with Crippen LogP contribution in [0.15, 0.2) is 0 Å². The number of alkyl halides is 3. The molecule has 0 amide bonds. The Kier molecular flexibility index (Phi) is 6.79. The van der Waals surface area contributed by atoms with Crippen LogP contribution < -0.4 is 0 Å². The zero-order valence-corrected chi connectivity index (χ0v) is 17.4. The molecule has 0 aromatic heterocycles. The molecule has 25 heavy (non-hydrogen) atoms. The fourth-order valence-corrected chi connectivity index (χ4v) is 9.63. The van der Waals surface area contributed by atoms with E-state index in [4.69, 9.17) is 9.16 Å². The van der Waals surface area contributed by atoms with Crippen molar-refractivity contribution in [1.82, 2.24) is 0 Å². The first-order valence-electron chi connectivity index (χ1n) is 8.88. The average Bonchev–Trinajstić information content (AvgIpc) is 2.43. The molecule has 1 aliphatic heterocycles. The molecule has 4 nitrogen and oxygen atoms in total. The summed E-state index contributed by atoms with van der Waals surface area (Å²) in [5.41, 5.74) is -2.33. The number of esters is 1. The third kappa shape index (κ3) is 3.49. The molecule has 0 unspecified atom stereocenters. The van der Waals surface area contributed by atoms with E-state index in [1.165, 1.54) is 13.8 Å². The van der Waals surface area contributed by atoms with Crippen molar-refractivity contribution < 1.29 is 31.9 Å². The first-order chi connectivity index (χ1) is 11.3. The molecule has 0 radical (unpaired) electrons. The summed E-state index contributed by atoms with van der Waals surface area (Å²) >= 11 is 0. The van der Waals surface area contributed by atoms with E-state index in [-0.39, 0.29) is 23.2 Å². The van der Waals surface area contributed by atoms with Crippen molar-refractivity contribution in [2.75, 3.05) is 6.61 Å². The highest BCUT2D eigenvalue weighted by Gasteiger charge is 2.76. The van der Waals surface area contributed by atoms with Gasteiger partial charge in [-0.1, -0.05) is 48.5 Å². The van der Waals surface area contributed by atoms with Gasteiger partial charge in [0.2, 0.25) is 8.32 Å². The minimum absolute atomic E-state index is 0.138. The minimum Gasteiger partial charge on any atom is -0.464 e. The minimum atomic E-state index is -4.85. The lowest BCUT2D eigenvalue weighted by Gasteiger charge is -2.55. The third-order valence-electron chi connectivity index (χ3n) is 5.38. The maximum Gasteiger partial charge on any atom is 0.428 e. The van der Waals surface area contributed by atoms with Gasteiger partial charge in [0.1, 0.15) is 0 Å². The van der Waals surface area contributed by atoms with Crippen LogP contribution in [0.2, 0.25) is 16.6 Å². The SMILES string of the molecule is CCOC(=O)[C@@]1(C(F)(F)F)O[C@H](O[Si](C(C)C)(C(C)C)C(C)C)[C@@H]1C. The fraction of sp³-hybridized carbons (Fsp3) is 0.941. The van der Waals surface area contributed by atoms with Crippen LogP contribution in [-0.4, -0.2) is 39.0 Å². The Hall–Kier alpha value is -0.603. The Balaban J connectivity index is 3.14. The highest BCUT2D eigenvalue weighted by Crippen LogP contribution is 2.54. The molecule has 0 aromatic carbocycles. The van der Waals surface area contributed by atoms with Gasteiger partial charge in [-0.15, -0.1) is 0 Å². The van der Waals surface area contributed by atoms with Crippen molar-refractivity contribution >= 4 is 14.3 Å². The maximum absolute atomic E-state index is 13.6. The smallest absolute Gasteiger partial charge is 0.428 e. The highest BCUT2D eigenvalue weighted by atomic mass is 28.4. The molecule has 0 bridgehead atoms. The number of halogens is 3. The fourth-order valence-electron chi connectivity index (χ4n) is 4.16. The van der Waals surface area contributed by atoms with E-state index in [9.17, 15) is 18.0 Å². The summed E-state index contributed by atoms with van der Waals surface area (Å²) < 4.78 is 56.8. The molecule has 0 saturated carbocycles. The standard InChI is InChI=1S/C17H31F3O4Si/c1-9-22-15(21)16(17(18,19)20)13(8)14(23-16)24-25(10(2)3,11(4)5)12(6)7/h10-14H,9H2,1-8H3/t13-,14+,16-/m0/s1. The summed E-state index contributed by atoms with van der Waals surface area (Å²) in [6, 6.07) is 0. The van der Waals surface area contributed by atoms with Gasteiger partial charge in [0.25, 0.3) is 5.60 Å². The number of hydrogen-bond acceptors (Lipinski definition) is 4. The van der Waals surface area contributed by atoms with Gasteiger partial charge in [-0.2, -0.15) is 13.2 Å². The monoisotopic (exact) mass is 384 g/mol. The van der Waals surface area contributed by atoms with Crippen molar-refractivity contribution in [3.8, 4) is 0 Å². The molecule has 1 heterocycles. The predicted octanol–water partition coefficient (Wildman–Crippen LogP) is 5.04. The van der Waals surface area contributed by atoms with E-state index in [0.717, 1.165) is 0 Å². The Morgan fingerprint density at radius 2 is 1.56 bits per heavy atom. The van der Waals surface area contributed by atoms with Crippen LogP contribution >= 0.6 is 0 Å². The van der Waals surface area contributed by atoms with Gasteiger partial charge in [-0.05, 0) is 23.5 Å². The second kappa shape index (κ2) is 7.56. The number of rotatable bonds is 7. The Morgan fingerprint density at radius 3 is 1.84 bits per heavy atom. The van der Waals surface area contributed by atoms with Gasteiger partial charge in [0, 0.05) is 0 Å². The van der Waals surface area contributed by atoms with Crippen LogP contribution in [0.1, 0.15) is 55.4 Å². The molecule has 0 N–H and O–H groups in total. The van der Waals surface area contributed by atoms with E-state index in [1.54, 1.807) is 0 Å². The summed E-state index contributed by atoms with van der Waals surface area (Å²) in [6.07, 6.45) is -5.90. The van der Waals surface area contributed by atoms with Crippen LogP contribution in [0.4, 0.5) is 13.2 Å². The molecule has 1 saturated heterocycles. The highest BCUT2D eigenvalue weighted by molar-refractivity contribution is 6.77. The Labute approximate surface area is 149 Å². The van der Waals surface area contributed by atoms with Crippen LogP contribution in [0.3, 0.4) is 0 Å². The average molecular weight is 385 g/mol. The largest absolute Gasteiger partial charge is 0.464 e. The van der Waals surface area contributed by atoms with E-state index >= 15 is 0 Å². The van der Waals surface area contributed by atoms with E-state index < -0.39 is 38.3 Å². The molecule has 1 rings (SSSR count). The normalized spacial score (nSPS) is 27.8. The molecule has 1 aliphatic rings. The molecule has 0 aliphatic carbocycles. The van der Waals surface area contributed by atoms with Crippen LogP contribution in [0.5, 0.6) is 0 Å². The summed E-state index contributed by atoms with van der Waals surface area (Å²) in [5, 5.41) is 0. The van der Waals surface area contributed by atoms with Crippen molar-refractivity contribution in [3.63, 3.8) is 0 Å². The molecule has 0 spiro atoms. The van der Waals surface area contributed by atoms with Gasteiger partial charge in [-0.25, -0.2) is 4.79 Å². The van der Waals surface area contributed by atoms with Gasteiger partial charge in [0.15, 0.2) is 6.29 Å². The van der Waals surface area contributed by atoms with E-state index in [1.807, 2.05) is 41.5 Å².